The highest BCUT2D eigenvalue weighted by molar-refractivity contribution is 9.10. The number of thiazole rings is 1. The van der Waals surface area contributed by atoms with E-state index in [1.165, 1.54) is 23.1 Å². The number of carbonyl (C=O) groups is 3. The van der Waals surface area contributed by atoms with Crippen LogP contribution in [0.15, 0.2) is 142 Å². The highest BCUT2D eigenvalue weighted by Gasteiger charge is 2.18. The number of halogens is 1. The molecular weight excluding hydrogens is 704 g/mol. The van der Waals surface area contributed by atoms with Crippen molar-refractivity contribution in [1.29, 1.82) is 0 Å². The topological polar surface area (TPSA) is 100 Å². The molecule has 0 saturated heterocycles. The van der Waals surface area contributed by atoms with Crippen molar-refractivity contribution in [1.82, 2.24) is 10.3 Å². The van der Waals surface area contributed by atoms with E-state index in [4.69, 9.17) is 0 Å². The number of nitrogens with zero attached hydrogens (tertiary/aromatic N) is 1. The Morgan fingerprint density at radius 2 is 1.56 bits per heavy atom. The fraction of sp³-hybridized carbons (Fsp3) is 0.0526. The normalized spacial score (nSPS) is 11.9. The van der Waals surface area contributed by atoms with Crippen LogP contribution in [0.4, 0.5) is 10.8 Å². The summed E-state index contributed by atoms with van der Waals surface area (Å²) in [6.07, 6.45) is 1.62. The third-order valence-corrected chi connectivity index (χ3v) is 9.63. The molecule has 0 radical (unpaired) electrons. The van der Waals surface area contributed by atoms with Gasteiger partial charge in [0.25, 0.3) is 11.8 Å². The summed E-state index contributed by atoms with van der Waals surface area (Å²) in [6, 6.07) is 37.7. The molecule has 1 aromatic heterocycles. The lowest BCUT2D eigenvalue weighted by molar-refractivity contribution is -0.115. The second-order valence-corrected chi connectivity index (χ2v) is 13.9. The summed E-state index contributed by atoms with van der Waals surface area (Å²) in [5, 5.41) is 12.9. The Kier molecular flexibility index (Phi) is 10.4. The molecule has 1 heterocycles. The van der Waals surface area contributed by atoms with Gasteiger partial charge in [-0.2, -0.15) is 0 Å². The summed E-state index contributed by atoms with van der Waals surface area (Å²) in [7, 11) is 0. The lowest BCUT2D eigenvalue weighted by Gasteiger charge is -2.13. The molecule has 48 heavy (non-hydrogen) atoms. The number of rotatable bonds is 10. The van der Waals surface area contributed by atoms with E-state index in [0.717, 1.165) is 37.0 Å². The summed E-state index contributed by atoms with van der Waals surface area (Å²) in [5.74, 6) is -1.03. The number of benzene rings is 5. The molecule has 1 atom stereocenters. The highest BCUT2D eigenvalue weighted by Crippen LogP contribution is 2.30. The van der Waals surface area contributed by atoms with Gasteiger partial charge in [-0.05, 0) is 83.9 Å². The molecule has 0 aliphatic heterocycles. The third kappa shape index (κ3) is 8.46. The lowest BCUT2D eigenvalue weighted by atomic mass is 10.1. The van der Waals surface area contributed by atoms with E-state index in [0.29, 0.717) is 16.4 Å². The predicted molar refractivity (Wildman–Crippen MR) is 200 cm³/mol. The van der Waals surface area contributed by atoms with Gasteiger partial charge in [-0.1, -0.05) is 82.7 Å². The zero-order valence-electron chi connectivity index (χ0n) is 25.6. The zero-order chi connectivity index (χ0) is 33.5. The van der Waals surface area contributed by atoms with Gasteiger partial charge in [-0.3, -0.25) is 14.4 Å². The van der Waals surface area contributed by atoms with Gasteiger partial charge in [0.15, 0.2) is 5.13 Å². The van der Waals surface area contributed by atoms with Crippen LogP contribution in [0.5, 0.6) is 0 Å². The number of nitrogens with one attached hydrogen (secondary N) is 3. The third-order valence-electron chi connectivity index (χ3n) is 7.26. The maximum Gasteiger partial charge on any atom is 0.272 e. The minimum absolute atomic E-state index is 0.0941. The van der Waals surface area contributed by atoms with E-state index >= 15 is 0 Å². The number of anilines is 2. The maximum atomic E-state index is 13.4. The Morgan fingerprint density at radius 1 is 0.812 bits per heavy atom. The van der Waals surface area contributed by atoms with Crippen molar-refractivity contribution in [3.8, 4) is 11.3 Å². The van der Waals surface area contributed by atoms with Crippen LogP contribution in [0.3, 0.4) is 0 Å². The molecule has 3 N–H and O–H groups in total. The standard InChI is InChI=1S/C38H29BrN4O3S2/c1-24(35(44)43-38-42-34(23-47-38)29-15-14-26-9-5-6-12-28(26)22-29)48-32-18-16-31(17-19-32)40-37(46)33(21-25-8-7-13-30(39)20-25)41-36(45)27-10-3-2-4-11-27/h2-24H,1H3,(H,40,46)(H,41,45)(H,42,43,44)/b33-21-. The summed E-state index contributed by atoms with van der Waals surface area (Å²) in [4.78, 5) is 44.8. The molecule has 0 saturated carbocycles. The molecule has 5 aromatic carbocycles. The molecular formula is C38H29BrN4O3S2. The molecule has 0 aliphatic rings. The number of thioether (sulfide) groups is 1. The van der Waals surface area contributed by atoms with Crippen LogP contribution in [-0.4, -0.2) is 28.0 Å². The molecule has 7 nitrogen and oxygen atoms in total. The van der Waals surface area contributed by atoms with Gasteiger partial charge in [-0.15, -0.1) is 23.1 Å². The van der Waals surface area contributed by atoms with Crippen molar-refractivity contribution in [3.05, 3.63) is 148 Å². The van der Waals surface area contributed by atoms with Crippen LogP contribution >= 0.6 is 39.0 Å². The van der Waals surface area contributed by atoms with Crippen molar-refractivity contribution < 1.29 is 14.4 Å². The summed E-state index contributed by atoms with van der Waals surface area (Å²) >= 11 is 6.24. The first-order chi connectivity index (χ1) is 23.3. The lowest BCUT2D eigenvalue weighted by Crippen LogP contribution is -2.30. The first-order valence-corrected chi connectivity index (χ1v) is 17.5. The smallest absolute Gasteiger partial charge is 0.272 e. The van der Waals surface area contributed by atoms with Crippen molar-refractivity contribution >= 4 is 84.4 Å². The quantitative estimate of drug-likeness (QED) is 0.0963. The van der Waals surface area contributed by atoms with Crippen molar-refractivity contribution in [2.24, 2.45) is 0 Å². The molecule has 0 fully saturated rings. The van der Waals surface area contributed by atoms with Crippen LogP contribution in [0.2, 0.25) is 0 Å². The van der Waals surface area contributed by atoms with Crippen LogP contribution < -0.4 is 16.0 Å². The molecule has 6 rings (SSSR count). The molecule has 1 unspecified atom stereocenters. The van der Waals surface area contributed by atoms with Crippen LogP contribution in [0.1, 0.15) is 22.8 Å². The number of fused-ring (bicyclic) bond motifs is 1. The second-order valence-electron chi connectivity index (χ2n) is 10.8. The molecule has 0 aliphatic carbocycles. The maximum absolute atomic E-state index is 13.4. The highest BCUT2D eigenvalue weighted by atomic mass is 79.9. The summed E-state index contributed by atoms with van der Waals surface area (Å²) in [5.41, 5.74) is 3.62. The largest absolute Gasteiger partial charge is 0.321 e. The number of carbonyl (C=O) groups excluding carboxylic acids is 3. The number of aromatic nitrogens is 1. The Labute approximate surface area is 294 Å². The SMILES string of the molecule is CC(Sc1ccc(NC(=O)/C(=C/c2cccc(Br)c2)NC(=O)c2ccccc2)cc1)C(=O)Nc1nc(-c2ccc3ccccc3c2)cs1. The van der Waals surface area contributed by atoms with Gasteiger partial charge in [0.05, 0.1) is 10.9 Å². The Morgan fingerprint density at radius 3 is 2.33 bits per heavy atom. The fourth-order valence-corrected chi connectivity index (χ4v) is 6.80. The van der Waals surface area contributed by atoms with Gasteiger partial charge in [0, 0.05) is 31.6 Å². The van der Waals surface area contributed by atoms with E-state index < -0.39 is 17.1 Å². The van der Waals surface area contributed by atoms with E-state index in [2.05, 4.69) is 61.1 Å². The van der Waals surface area contributed by atoms with E-state index in [1.54, 1.807) is 42.5 Å². The molecule has 0 spiro atoms. The van der Waals surface area contributed by atoms with Crippen molar-refractivity contribution in [2.45, 2.75) is 17.1 Å². The van der Waals surface area contributed by atoms with Crippen LogP contribution in [-0.2, 0) is 9.59 Å². The average Bonchev–Trinajstić information content (AvgIpc) is 3.57. The Balaban J connectivity index is 1.07. The summed E-state index contributed by atoms with van der Waals surface area (Å²) in [6.45, 7) is 1.84. The number of hydrogen-bond acceptors (Lipinski definition) is 6. The Bertz CT molecular complexity index is 2130. The minimum atomic E-state index is -0.473. The average molecular weight is 734 g/mol. The van der Waals surface area contributed by atoms with E-state index in [1.807, 2.05) is 73.0 Å². The molecule has 238 valence electrons. The number of hydrogen-bond donors (Lipinski definition) is 3. The van der Waals surface area contributed by atoms with E-state index in [-0.39, 0.29) is 11.6 Å². The minimum Gasteiger partial charge on any atom is -0.321 e. The number of amides is 3. The molecule has 3 amide bonds. The first-order valence-electron chi connectivity index (χ1n) is 15.0. The first kappa shape index (κ1) is 32.9. The monoisotopic (exact) mass is 732 g/mol. The predicted octanol–water partition coefficient (Wildman–Crippen LogP) is 9.25. The zero-order valence-corrected chi connectivity index (χ0v) is 28.9. The summed E-state index contributed by atoms with van der Waals surface area (Å²) < 4.78 is 0.846. The van der Waals surface area contributed by atoms with Gasteiger partial charge in [0.2, 0.25) is 5.91 Å². The Hall–Kier alpha value is -5.03. The van der Waals surface area contributed by atoms with Gasteiger partial charge in [-0.25, -0.2) is 4.98 Å². The second kappa shape index (κ2) is 15.2. The van der Waals surface area contributed by atoms with Crippen molar-refractivity contribution in [2.75, 3.05) is 10.6 Å². The van der Waals surface area contributed by atoms with Gasteiger partial charge >= 0.3 is 0 Å². The van der Waals surface area contributed by atoms with Crippen LogP contribution in [0.25, 0.3) is 28.1 Å². The van der Waals surface area contributed by atoms with Gasteiger partial charge < -0.3 is 16.0 Å². The van der Waals surface area contributed by atoms with Gasteiger partial charge in [0.1, 0.15) is 5.70 Å². The molecule has 6 aromatic rings. The van der Waals surface area contributed by atoms with Crippen molar-refractivity contribution in [3.63, 3.8) is 0 Å². The van der Waals surface area contributed by atoms with Crippen LogP contribution in [0, 0.1) is 0 Å². The fourth-order valence-electron chi connectivity index (χ4n) is 4.80. The molecule has 10 heteroatoms. The van der Waals surface area contributed by atoms with E-state index in [9.17, 15) is 14.4 Å². The molecule has 0 bridgehead atoms.